The summed E-state index contributed by atoms with van der Waals surface area (Å²) in [5, 5.41) is 2.66. The highest BCUT2D eigenvalue weighted by molar-refractivity contribution is 7.93. The fourth-order valence-electron chi connectivity index (χ4n) is 3.55. The van der Waals surface area contributed by atoms with Crippen molar-refractivity contribution in [2.24, 2.45) is 0 Å². The van der Waals surface area contributed by atoms with E-state index in [0.29, 0.717) is 22.6 Å². The van der Waals surface area contributed by atoms with Crippen LogP contribution in [0.5, 0.6) is 11.5 Å². The van der Waals surface area contributed by atoms with Crippen molar-refractivity contribution in [2.45, 2.75) is 4.90 Å². The van der Waals surface area contributed by atoms with Crippen molar-refractivity contribution in [3.05, 3.63) is 72.5 Å². The van der Waals surface area contributed by atoms with Gasteiger partial charge in [0.15, 0.2) is 11.5 Å². The Balaban J connectivity index is 1.47. The Morgan fingerprint density at radius 3 is 2.50 bits per heavy atom. The topological polar surface area (TPSA) is 84.9 Å². The lowest BCUT2D eigenvalue weighted by Gasteiger charge is -2.31. The number of methoxy groups -OCH3 is 1. The minimum absolute atomic E-state index is 0.0328. The van der Waals surface area contributed by atoms with E-state index in [1.807, 2.05) is 6.07 Å². The number of halogens is 1. The minimum Gasteiger partial charge on any atom is -0.493 e. The van der Waals surface area contributed by atoms with Crippen molar-refractivity contribution in [3.8, 4) is 22.6 Å². The molecule has 166 valence electrons. The van der Waals surface area contributed by atoms with Crippen LogP contribution in [0, 0.1) is 5.82 Å². The molecule has 0 saturated heterocycles. The molecule has 0 spiro atoms. The summed E-state index contributed by atoms with van der Waals surface area (Å²) in [7, 11) is -2.45. The van der Waals surface area contributed by atoms with E-state index in [1.54, 1.807) is 36.4 Å². The summed E-state index contributed by atoms with van der Waals surface area (Å²) < 4.78 is 52.1. The van der Waals surface area contributed by atoms with Crippen LogP contribution >= 0.6 is 0 Å². The number of sulfonamides is 1. The van der Waals surface area contributed by atoms with Gasteiger partial charge in [0.1, 0.15) is 19.0 Å². The number of ether oxygens (including phenoxy) is 2. The van der Waals surface area contributed by atoms with E-state index in [-0.39, 0.29) is 23.7 Å². The van der Waals surface area contributed by atoms with Crippen molar-refractivity contribution in [1.29, 1.82) is 0 Å². The van der Waals surface area contributed by atoms with Crippen LogP contribution in [0.1, 0.15) is 0 Å². The number of amides is 1. The quantitative estimate of drug-likeness (QED) is 0.552. The molecule has 0 saturated carbocycles. The molecule has 1 aliphatic rings. The number of hydrogen-bond acceptors (Lipinski definition) is 5. The predicted molar refractivity (Wildman–Crippen MR) is 118 cm³/mol. The lowest BCUT2D eigenvalue weighted by atomic mass is 10.0. The average Bonchev–Trinajstić information content (AvgIpc) is 2.80. The Kier molecular flexibility index (Phi) is 6.00. The molecular formula is C23H21FN2O5S. The fourth-order valence-corrected chi connectivity index (χ4v) is 5.20. The maximum Gasteiger partial charge on any atom is 0.265 e. The molecule has 32 heavy (non-hydrogen) atoms. The van der Waals surface area contributed by atoms with Crippen molar-refractivity contribution >= 4 is 21.6 Å². The normalized spacial score (nSPS) is 13.6. The van der Waals surface area contributed by atoms with Gasteiger partial charge >= 0.3 is 0 Å². The summed E-state index contributed by atoms with van der Waals surface area (Å²) in [6.07, 6.45) is 0. The molecule has 1 aliphatic heterocycles. The highest BCUT2D eigenvalue weighted by atomic mass is 32.2. The van der Waals surface area contributed by atoms with Gasteiger partial charge in [0.25, 0.3) is 10.0 Å². The van der Waals surface area contributed by atoms with E-state index in [2.05, 4.69) is 5.32 Å². The Morgan fingerprint density at radius 1 is 1.00 bits per heavy atom. The predicted octanol–water partition coefficient (Wildman–Crippen LogP) is 3.21. The smallest absolute Gasteiger partial charge is 0.265 e. The second-order valence-corrected chi connectivity index (χ2v) is 8.85. The fraction of sp³-hybridized carbons (Fsp3) is 0.174. The number of hydrogen-bond donors (Lipinski definition) is 1. The summed E-state index contributed by atoms with van der Waals surface area (Å²) in [6, 6.07) is 17.3. The van der Waals surface area contributed by atoms with Gasteiger partial charge in [-0.25, -0.2) is 12.8 Å². The second-order valence-electron chi connectivity index (χ2n) is 7.02. The molecule has 1 N–H and O–H groups in total. The number of rotatable bonds is 7. The number of carbonyl (C=O) groups is 1. The SMILES string of the molecule is COc1ccccc1OCCNC(=O)CN1c2ccc(F)cc2-c2ccccc2S1(=O)=O. The van der Waals surface area contributed by atoms with Crippen LogP contribution < -0.4 is 19.1 Å². The van der Waals surface area contributed by atoms with Gasteiger partial charge in [-0.15, -0.1) is 0 Å². The van der Waals surface area contributed by atoms with Crippen molar-refractivity contribution < 1.29 is 27.1 Å². The van der Waals surface area contributed by atoms with E-state index in [9.17, 15) is 17.6 Å². The first-order chi connectivity index (χ1) is 15.4. The van der Waals surface area contributed by atoms with Crippen molar-refractivity contribution in [1.82, 2.24) is 5.32 Å². The largest absolute Gasteiger partial charge is 0.493 e. The molecule has 1 heterocycles. The van der Waals surface area contributed by atoms with Gasteiger partial charge in [0.05, 0.1) is 24.2 Å². The first-order valence-electron chi connectivity index (χ1n) is 9.86. The zero-order chi connectivity index (χ0) is 22.7. The summed E-state index contributed by atoms with van der Waals surface area (Å²) in [4.78, 5) is 12.6. The molecular weight excluding hydrogens is 435 g/mol. The molecule has 0 radical (unpaired) electrons. The molecule has 0 bridgehead atoms. The number of para-hydroxylation sites is 2. The Hall–Kier alpha value is -3.59. The monoisotopic (exact) mass is 456 g/mol. The highest BCUT2D eigenvalue weighted by Gasteiger charge is 2.36. The molecule has 3 aromatic rings. The van der Waals surface area contributed by atoms with Gasteiger partial charge in [-0.05, 0) is 36.4 Å². The number of benzene rings is 3. The van der Waals surface area contributed by atoms with Crippen LogP contribution in [0.25, 0.3) is 11.1 Å². The van der Waals surface area contributed by atoms with Crippen LogP contribution in [-0.2, 0) is 14.8 Å². The van der Waals surface area contributed by atoms with Crippen LogP contribution in [0.3, 0.4) is 0 Å². The van der Waals surface area contributed by atoms with E-state index < -0.39 is 28.3 Å². The maximum atomic E-state index is 13.9. The van der Waals surface area contributed by atoms with Gasteiger partial charge in [0, 0.05) is 11.1 Å². The van der Waals surface area contributed by atoms with Crippen LogP contribution in [0.2, 0.25) is 0 Å². The third-order valence-electron chi connectivity index (χ3n) is 5.01. The molecule has 4 rings (SSSR count). The lowest BCUT2D eigenvalue weighted by molar-refractivity contribution is -0.119. The summed E-state index contributed by atoms with van der Waals surface area (Å²) in [6.45, 7) is -0.106. The molecule has 1 amide bonds. The van der Waals surface area contributed by atoms with Gasteiger partial charge in [-0.3, -0.25) is 9.10 Å². The molecule has 0 fully saturated rings. The summed E-state index contributed by atoms with van der Waals surface area (Å²) in [5.41, 5.74) is 1.08. The van der Waals surface area contributed by atoms with Gasteiger partial charge in [0.2, 0.25) is 5.91 Å². The van der Waals surface area contributed by atoms with Gasteiger partial charge in [-0.2, -0.15) is 0 Å². The van der Waals surface area contributed by atoms with Crippen LogP contribution in [0.15, 0.2) is 71.6 Å². The van der Waals surface area contributed by atoms with E-state index >= 15 is 0 Å². The second kappa shape index (κ2) is 8.88. The molecule has 9 heteroatoms. The van der Waals surface area contributed by atoms with Crippen molar-refractivity contribution in [2.75, 3.05) is 31.1 Å². The summed E-state index contributed by atoms with van der Waals surface area (Å²) in [5.74, 6) is 0.110. The van der Waals surface area contributed by atoms with Crippen LogP contribution in [-0.4, -0.2) is 41.1 Å². The first kappa shape index (κ1) is 21.6. The molecule has 0 aliphatic carbocycles. The van der Waals surface area contributed by atoms with Gasteiger partial charge < -0.3 is 14.8 Å². The summed E-state index contributed by atoms with van der Waals surface area (Å²) >= 11 is 0. The van der Waals surface area contributed by atoms with E-state index in [1.165, 1.54) is 31.4 Å². The Bertz CT molecular complexity index is 1260. The number of fused-ring (bicyclic) bond motifs is 3. The lowest BCUT2D eigenvalue weighted by Crippen LogP contribution is -2.43. The minimum atomic E-state index is -3.98. The molecule has 0 unspecified atom stereocenters. The number of carbonyl (C=O) groups excluding carboxylic acids is 1. The van der Waals surface area contributed by atoms with Gasteiger partial charge in [-0.1, -0.05) is 30.3 Å². The van der Waals surface area contributed by atoms with E-state index in [0.717, 1.165) is 4.31 Å². The molecule has 3 aromatic carbocycles. The molecule has 7 nitrogen and oxygen atoms in total. The molecule has 0 atom stereocenters. The standard InChI is InChI=1S/C23H21FN2O5S/c1-30-20-7-3-4-8-21(20)31-13-12-25-23(27)15-26-19-11-10-16(24)14-18(19)17-6-2-5-9-22(17)32(26,28)29/h2-11,14H,12-13,15H2,1H3,(H,25,27). The first-order valence-corrected chi connectivity index (χ1v) is 11.3. The zero-order valence-corrected chi connectivity index (χ0v) is 18.1. The third-order valence-corrected chi connectivity index (χ3v) is 6.83. The number of nitrogens with zero attached hydrogens (tertiary/aromatic N) is 1. The number of nitrogens with one attached hydrogen (secondary N) is 1. The third kappa shape index (κ3) is 4.11. The highest BCUT2D eigenvalue weighted by Crippen LogP contribution is 2.42. The Morgan fingerprint density at radius 2 is 1.72 bits per heavy atom. The average molecular weight is 456 g/mol. The number of anilines is 1. The zero-order valence-electron chi connectivity index (χ0n) is 17.2. The van der Waals surface area contributed by atoms with Crippen LogP contribution in [0.4, 0.5) is 10.1 Å². The maximum absolute atomic E-state index is 13.9. The van der Waals surface area contributed by atoms with E-state index in [4.69, 9.17) is 9.47 Å². The molecule has 0 aromatic heterocycles. The van der Waals surface area contributed by atoms with Crippen molar-refractivity contribution in [3.63, 3.8) is 0 Å². The Labute approximate surface area is 185 Å².